The number of aromatic nitrogens is 1. The summed E-state index contributed by atoms with van der Waals surface area (Å²) in [7, 11) is 0. The molecule has 21 heavy (non-hydrogen) atoms. The number of aryl methyl sites for hydroxylation is 2. The van der Waals surface area contributed by atoms with Crippen LogP contribution in [0, 0.1) is 13.8 Å². The van der Waals surface area contributed by atoms with Crippen LogP contribution < -0.4 is 5.32 Å². The second-order valence-electron chi connectivity index (χ2n) is 5.74. The van der Waals surface area contributed by atoms with E-state index in [1.54, 1.807) is 0 Å². The van der Waals surface area contributed by atoms with Crippen LogP contribution in [0.4, 0.5) is 5.69 Å². The third-order valence-corrected chi connectivity index (χ3v) is 4.57. The predicted molar refractivity (Wildman–Crippen MR) is 91.7 cm³/mol. The van der Waals surface area contributed by atoms with Crippen LogP contribution in [-0.4, -0.2) is 21.1 Å². The third-order valence-electron chi connectivity index (χ3n) is 4.24. The number of nitrogens with zero attached hydrogens (tertiary/aromatic N) is 2. The maximum atomic E-state index is 5.64. The molecule has 1 aliphatic rings. The first-order valence-electron chi connectivity index (χ1n) is 7.36. The van der Waals surface area contributed by atoms with E-state index in [1.165, 1.54) is 16.8 Å². The lowest BCUT2D eigenvalue weighted by Crippen LogP contribution is -2.42. The Bertz CT molecular complexity index is 674. The molecule has 2 heterocycles. The van der Waals surface area contributed by atoms with Crippen molar-refractivity contribution in [2.45, 2.75) is 33.4 Å². The van der Waals surface area contributed by atoms with Crippen LogP contribution in [-0.2, 0) is 6.54 Å². The van der Waals surface area contributed by atoms with Crippen LogP contribution in [0.1, 0.15) is 29.8 Å². The maximum absolute atomic E-state index is 5.64. The molecule has 1 N–H and O–H groups in total. The summed E-state index contributed by atoms with van der Waals surface area (Å²) in [5.74, 6) is 0. The smallest absolute Gasteiger partial charge is 0.174 e. The second kappa shape index (κ2) is 5.53. The Balaban J connectivity index is 1.79. The highest BCUT2D eigenvalue weighted by Crippen LogP contribution is 2.26. The molecule has 1 atom stereocenters. The van der Waals surface area contributed by atoms with Crippen LogP contribution in [0.15, 0.2) is 36.5 Å². The summed E-state index contributed by atoms with van der Waals surface area (Å²) in [5.41, 5.74) is 4.89. The van der Waals surface area contributed by atoms with E-state index in [0.717, 1.165) is 23.9 Å². The molecule has 1 unspecified atom stereocenters. The molecular formula is C17H21N3S. The molecule has 0 saturated heterocycles. The van der Waals surface area contributed by atoms with Crippen LogP contribution >= 0.6 is 12.2 Å². The lowest BCUT2D eigenvalue weighted by atomic mass is 10.1. The summed E-state index contributed by atoms with van der Waals surface area (Å²) in [5, 5.41) is 4.23. The number of nitrogens with one attached hydrogen (secondary N) is 1. The first kappa shape index (κ1) is 14.1. The molecule has 3 nitrogen and oxygen atoms in total. The molecule has 3 rings (SSSR count). The zero-order valence-corrected chi connectivity index (χ0v) is 13.6. The van der Waals surface area contributed by atoms with Crippen molar-refractivity contribution in [3.63, 3.8) is 0 Å². The summed E-state index contributed by atoms with van der Waals surface area (Å²) < 4.78 is 2.31. The van der Waals surface area contributed by atoms with E-state index < -0.39 is 0 Å². The zero-order valence-electron chi connectivity index (χ0n) is 12.8. The average Bonchev–Trinajstić information content (AvgIpc) is 2.92. The lowest BCUT2D eigenvalue weighted by Gasteiger charge is -2.37. The van der Waals surface area contributed by atoms with Crippen molar-refractivity contribution in [2.75, 3.05) is 11.9 Å². The van der Waals surface area contributed by atoms with Gasteiger partial charge in [0, 0.05) is 30.7 Å². The van der Waals surface area contributed by atoms with Crippen molar-refractivity contribution in [3.8, 4) is 0 Å². The lowest BCUT2D eigenvalue weighted by molar-refractivity contribution is 0.276. The van der Waals surface area contributed by atoms with E-state index in [-0.39, 0.29) is 0 Å². The Morgan fingerprint density at radius 2 is 2.05 bits per heavy atom. The molecule has 0 amide bonds. The van der Waals surface area contributed by atoms with Gasteiger partial charge >= 0.3 is 0 Å². The highest BCUT2D eigenvalue weighted by atomic mass is 32.1. The minimum atomic E-state index is 0.305. The van der Waals surface area contributed by atoms with Crippen molar-refractivity contribution in [2.24, 2.45) is 0 Å². The van der Waals surface area contributed by atoms with Crippen molar-refractivity contribution in [1.29, 1.82) is 0 Å². The topological polar surface area (TPSA) is 20.2 Å². The molecular weight excluding hydrogens is 278 g/mol. The van der Waals surface area contributed by atoms with Crippen molar-refractivity contribution in [1.82, 2.24) is 9.47 Å². The normalized spacial score (nSPS) is 17.5. The van der Waals surface area contributed by atoms with Gasteiger partial charge in [0.05, 0.1) is 6.04 Å². The quantitative estimate of drug-likeness (QED) is 0.807. The number of hydrogen-bond donors (Lipinski definition) is 1. The molecule has 0 saturated carbocycles. The number of benzene rings is 1. The average molecular weight is 299 g/mol. The van der Waals surface area contributed by atoms with E-state index in [4.69, 9.17) is 12.2 Å². The van der Waals surface area contributed by atoms with Gasteiger partial charge in [-0.05, 0) is 62.3 Å². The number of rotatable bonds is 1. The fourth-order valence-corrected chi connectivity index (χ4v) is 3.27. The number of anilines is 1. The van der Waals surface area contributed by atoms with Gasteiger partial charge in [-0.25, -0.2) is 0 Å². The summed E-state index contributed by atoms with van der Waals surface area (Å²) in [6.45, 7) is 8.35. The van der Waals surface area contributed by atoms with Crippen molar-refractivity contribution < 1.29 is 0 Å². The molecule has 0 fully saturated rings. The van der Waals surface area contributed by atoms with E-state index in [2.05, 4.69) is 72.1 Å². The van der Waals surface area contributed by atoms with Gasteiger partial charge < -0.3 is 14.8 Å². The number of thiocarbonyl (C=S) groups is 1. The molecule has 1 aromatic carbocycles. The minimum Gasteiger partial charge on any atom is -0.348 e. The molecule has 0 bridgehead atoms. The minimum absolute atomic E-state index is 0.305. The first-order valence-corrected chi connectivity index (χ1v) is 7.77. The van der Waals surface area contributed by atoms with Crippen molar-refractivity contribution >= 4 is 23.0 Å². The highest BCUT2D eigenvalue weighted by molar-refractivity contribution is 7.80. The molecule has 110 valence electrons. The molecule has 0 spiro atoms. The van der Waals surface area contributed by atoms with Gasteiger partial charge in [-0.1, -0.05) is 12.1 Å². The Morgan fingerprint density at radius 1 is 1.24 bits per heavy atom. The Labute approximate surface area is 131 Å². The van der Waals surface area contributed by atoms with Gasteiger partial charge in [-0.2, -0.15) is 0 Å². The molecule has 1 aliphatic heterocycles. The van der Waals surface area contributed by atoms with Crippen LogP contribution in [0.5, 0.6) is 0 Å². The second-order valence-corrected chi connectivity index (χ2v) is 6.13. The Hall–Kier alpha value is -1.81. The Kier molecular flexibility index (Phi) is 3.72. The summed E-state index contributed by atoms with van der Waals surface area (Å²) in [6.07, 6.45) is 2.14. The SMILES string of the molecule is Cc1ccc(C)c(NC(=S)N2CCn3cccc3C2C)c1. The molecule has 4 heteroatoms. The van der Waals surface area contributed by atoms with Gasteiger partial charge in [-0.15, -0.1) is 0 Å². The largest absolute Gasteiger partial charge is 0.348 e. The van der Waals surface area contributed by atoms with E-state index in [1.807, 2.05) is 0 Å². The monoisotopic (exact) mass is 299 g/mol. The number of fused-ring (bicyclic) bond motifs is 1. The first-order chi connectivity index (χ1) is 10.1. The van der Waals surface area contributed by atoms with Gasteiger partial charge in [0.15, 0.2) is 5.11 Å². The third kappa shape index (κ3) is 2.68. The van der Waals surface area contributed by atoms with Gasteiger partial charge in [0.1, 0.15) is 0 Å². The highest BCUT2D eigenvalue weighted by Gasteiger charge is 2.25. The van der Waals surface area contributed by atoms with Gasteiger partial charge in [0.2, 0.25) is 0 Å². The maximum Gasteiger partial charge on any atom is 0.174 e. The van der Waals surface area contributed by atoms with E-state index >= 15 is 0 Å². The fourth-order valence-electron chi connectivity index (χ4n) is 2.91. The molecule has 1 aromatic heterocycles. The van der Waals surface area contributed by atoms with Gasteiger partial charge in [0.25, 0.3) is 0 Å². The summed E-state index contributed by atoms with van der Waals surface area (Å²) in [6, 6.07) is 11.0. The van der Waals surface area contributed by atoms with Crippen LogP contribution in [0.25, 0.3) is 0 Å². The number of hydrogen-bond acceptors (Lipinski definition) is 1. The molecule has 0 radical (unpaired) electrons. The van der Waals surface area contributed by atoms with Crippen LogP contribution in [0.2, 0.25) is 0 Å². The fraction of sp³-hybridized carbons (Fsp3) is 0.353. The van der Waals surface area contributed by atoms with Crippen LogP contribution in [0.3, 0.4) is 0 Å². The van der Waals surface area contributed by atoms with E-state index in [0.29, 0.717) is 6.04 Å². The zero-order chi connectivity index (χ0) is 15.0. The summed E-state index contributed by atoms with van der Waals surface area (Å²) >= 11 is 5.64. The summed E-state index contributed by atoms with van der Waals surface area (Å²) in [4.78, 5) is 2.27. The molecule has 0 aliphatic carbocycles. The van der Waals surface area contributed by atoms with Crippen molar-refractivity contribution in [3.05, 3.63) is 53.3 Å². The Morgan fingerprint density at radius 3 is 2.86 bits per heavy atom. The standard InChI is InChI=1S/C17H21N3S/c1-12-6-7-13(2)15(11-12)18-17(21)20-10-9-19-8-4-5-16(19)14(20)3/h4-8,11,14H,9-10H2,1-3H3,(H,18,21). The van der Waals surface area contributed by atoms with E-state index in [9.17, 15) is 0 Å². The van der Waals surface area contributed by atoms with Gasteiger partial charge in [-0.3, -0.25) is 0 Å². The predicted octanol–water partition coefficient (Wildman–Crippen LogP) is 3.88. The molecule has 2 aromatic rings.